The van der Waals surface area contributed by atoms with Crippen LogP contribution in [0, 0.1) is 0 Å². The predicted molar refractivity (Wildman–Crippen MR) is 156 cm³/mol. The molecule has 0 aliphatic carbocycles. The predicted octanol–water partition coefficient (Wildman–Crippen LogP) is 9.11. The average molecular weight is 542 g/mol. The van der Waals surface area contributed by atoms with Gasteiger partial charge in [-0.1, -0.05) is 148 Å². The third-order valence-corrected chi connectivity index (χ3v) is 7.66. The molecule has 0 amide bonds. The Kier molecular flexibility index (Phi) is 7.33. The van der Waals surface area contributed by atoms with Crippen LogP contribution in [0.2, 0.25) is 0 Å². The Morgan fingerprint density at radius 1 is 0.500 bits per heavy atom. The van der Waals surface area contributed by atoms with Crippen LogP contribution in [0.3, 0.4) is 0 Å². The van der Waals surface area contributed by atoms with Crippen molar-refractivity contribution in [1.29, 1.82) is 0 Å². The van der Waals surface area contributed by atoms with Crippen LogP contribution >= 0.6 is 15.9 Å². The van der Waals surface area contributed by atoms with Gasteiger partial charge in [0.1, 0.15) is 5.60 Å². The summed E-state index contributed by atoms with van der Waals surface area (Å²) >= 11 is 3.57. The monoisotopic (exact) mass is 540 g/mol. The van der Waals surface area contributed by atoms with Gasteiger partial charge in [0.2, 0.25) is 0 Å². The maximum atomic E-state index is 12.9. The van der Waals surface area contributed by atoms with E-state index in [4.69, 9.17) is 0 Å². The molecule has 0 saturated heterocycles. The second-order valence-electron chi connectivity index (χ2n) is 11.8. The van der Waals surface area contributed by atoms with Gasteiger partial charge in [-0.2, -0.15) is 0 Å². The molecule has 0 bridgehead atoms. The quantitative estimate of drug-likeness (QED) is 0.267. The molecule has 186 valence electrons. The summed E-state index contributed by atoms with van der Waals surface area (Å²) in [6, 6.07) is 35.7. The summed E-state index contributed by atoms with van der Waals surface area (Å²) in [5, 5.41) is 12.9. The largest absolute Gasteiger partial charge is 0.379 e. The number of halogens is 1. The highest BCUT2D eigenvalue weighted by Crippen LogP contribution is 2.47. The van der Waals surface area contributed by atoms with Gasteiger partial charge in [-0.15, -0.1) is 0 Å². The molecule has 36 heavy (non-hydrogen) atoms. The molecule has 1 atom stereocenters. The van der Waals surface area contributed by atoms with Crippen molar-refractivity contribution in [3.8, 4) is 0 Å². The van der Waals surface area contributed by atoms with E-state index in [9.17, 15) is 5.11 Å². The molecule has 0 radical (unpaired) electrons. The van der Waals surface area contributed by atoms with Crippen LogP contribution in [0.4, 0.5) is 0 Å². The number of aliphatic hydroxyl groups is 1. The standard InChI is InChI=1S/C34H37BrO/c1-32(2,3)26-16-12-24(13-17-26)31(25-14-18-27(19-15-25)33(4,5)6)34(36,28-10-8-7-9-11-28)29-20-22-30(35)23-21-29/h7-23,31,36H,1-6H3. The number of rotatable bonds is 5. The fourth-order valence-corrected chi connectivity index (χ4v) is 5.19. The van der Waals surface area contributed by atoms with Crippen molar-refractivity contribution in [1.82, 2.24) is 0 Å². The SMILES string of the molecule is CC(C)(C)c1ccc(C(c2ccc(C(C)(C)C)cc2)C(O)(c2ccccc2)c2ccc(Br)cc2)cc1. The third-order valence-electron chi connectivity index (χ3n) is 7.14. The highest BCUT2D eigenvalue weighted by Gasteiger charge is 2.42. The van der Waals surface area contributed by atoms with Gasteiger partial charge in [0.05, 0.1) is 0 Å². The van der Waals surface area contributed by atoms with E-state index < -0.39 is 5.60 Å². The second kappa shape index (κ2) is 10.00. The molecule has 1 N–H and O–H groups in total. The van der Waals surface area contributed by atoms with E-state index in [0.717, 1.165) is 26.7 Å². The molecule has 0 aliphatic heterocycles. The van der Waals surface area contributed by atoms with Crippen LogP contribution in [-0.2, 0) is 16.4 Å². The van der Waals surface area contributed by atoms with Gasteiger partial charge in [-0.05, 0) is 56.3 Å². The molecule has 0 fully saturated rings. The van der Waals surface area contributed by atoms with E-state index in [0.29, 0.717) is 0 Å². The topological polar surface area (TPSA) is 20.2 Å². The van der Waals surface area contributed by atoms with Gasteiger partial charge in [0.15, 0.2) is 0 Å². The summed E-state index contributed by atoms with van der Waals surface area (Å²) in [6.45, 7) is 13.4. The van der Waals surface area contributed by atoms with Crippen molar-refractivity contribution in [2.75, 3.05) is 0 Å². The minimum atomic E-state index is -1.27. The molecule has 0 heterocycles. The van der Waals surface area contributed by atoms with Gasteiger partial charge >= 0.3 is 0 Å². The fraction of sp³-hybridized carbons (Fsp3) is 0.294. The first-order valence-corrected chi connectivity index (χ1v) is 13.4. The van der Waals surface area contributed by atoms with Crippen molar-refractivity contribution >= 4 is 15.9 Å². The summed E-state index contributed by atoms with van der Waals surface area (Å²) in [5.74, 6) is -0.302. The van der Waals surface area contributed by atoms with E-state index in [1.165, 1.54) is 11.1 Å². The van der Waals surface area contributed by atoms with E-state index in [1.54, 1.807) is 0 Å². The molecule has 1 nitrogen and oxygen atoms in total. The van der Waals surface area contributed by atoms with Crippen molar-refractivity contribution in [2.45, 2.75) is 63.9 Å². The lowest BCUT2D eigenvalue weighted by atomic mass is 9.69. The van der Waals surface area contributed by atoms with E-state index >= 15 is 0 Å². The number of benzene rings is 4. The summed E-state index contributed by atoms with van der Waals surface area (Å²) in [7, 11) is 0. The van der Waals surface area contributed by atoms with Crippen molar-refractivity contribution in [3.63, 3.8) is 0 Å². The lowest BCUT2D eigenvalue weighted by Gasteiger charge is -2.39. The lowest BCUT2D eigenvalue weighted by Crippen LogP contribution is -2.36. The molecule has 0 aliphatic rings. The molecular formula is C34H37BrO. The molecule has 0 saturated carbocycles. The van der Waals surface area contributed by atoms with Gasteiger partial charge < -0.3 is 5.11 Å². The Hall–Kier alpha value is -2.68. The number of hydrogen-bond donors (Lipinski definition) is 1. The molecule has 1 unspecified atom stereocenters. The summed E-state index contributed by atoms with van der Waals surface area (Å²) in [4.78, 5) is 0. The van der Waals surface area contributed by atoms with Crippen LogP contribution in [0.5, 0.6) is 0 Å². The minimum absolute atomic E-state index is 0.0593. The Bertz CT molecular complexity index is 1220. The molecular weight excluding hydrogens is 504 g/mol. The van der Waals surface area contributed by atoms with Gasteiger partial charge in [-0.25, -0.2) is 0 Å². The van der Waals surface area contributed by atoms with E-state index in [2.05, 4.69) is 106 Å². The highest BCUT2D eigenvalue weighted by molar-refractivity contribution is 9.10. The van der Waals surface area contributed by atoms with Crippen LogP contribution in [-0.4, -0.2) is 5.11 Å². The molecule has 4 aromatic carbocycles. The van der Waals surface area contributed by atoms with E-state index in [1.807, 2.05) is 54.6 Å². The lowest BCUT2D eigenvalue weighted by molar-refractivity contribution is 0.0625. The van der Waals surface area contributed by atoms with Gasteiger partial charge in [-0.3, -0.25) is 0 Å². The van der Waals surface area contributed by atoms with Crippen LogP contribution in [0.25, 0.3) is 0 Å². The zero-order valence-corrected chi connectivity index (χ0v) is 23.8. The Balaban J connectivity index is 1.98. The molecule has 4 rings (SSSR count). The zero-order valence-electron chi connectivity index (χ0n) is 22.2. The van der Waals surface area contributed by atoms with Crippen LogP contribution in [0.1, 0.15) is 80.8 Å². The first kappa shape index (κ1) is 26.4. The highest BCUT2D eigenvalue weighted by atomic mass is 79.9. The Morgan fingerprint density at radius 2 is 0.861 bits per heavy atom. The van der Waals surface area contributed by atoms with Crippen LogP contribution < -0.4 is 0 Å². The number of hydrogen-bond acceptors (Lipinski definition) is 1. The Morgan fingerprint density at radius 3 is 1.25 bits per heavy atom. The maximum absolute atomic E-state index is 12.9. The molecule has 0 aromatic heterocycles. The minimum Gasteiger partial charge on any atom is -0.379 e. The summed E-state index contributed by atoms with van der Waals surface area (Å²) < 4.78 is 0.988. The molecule has 4 aromatic rings. The summed E-state index contributed by atoms with van der Waals surface area (Å²) in [6.07, 6.45) is 0. The first-order chi connectivity index (χ1) is 16.9. The Labute approximate surface area is 225 Å². The van der Waals surface area contributed by atoms with Gasteiger partial charge in [0, 0.05) is 10.4 Å². The molecule has 2 heteroatoms. The maximum Gasteiger partial charge on any atom is 0.125 e. The summed E-state index contributed by atoms with van der Waals surface area (Å²) in [5.41, 5.74) is 5.31. The average Bonchev–Trinajstić information content (AvgIpc) is 2.84. The third kappa shape index (κ3) is 5.36. The van der Waals surface area contributed by atoms with Crippen molar-refractivity contribution in [3.05, 3.63) is 141 Å². The van der Waals surface area contributed by atoms with E-state index in [-0.39, 0.29) is 16.7 Å². The fourth-order valence-electron chi connectivity index (χ4n) is 4.92. The first-order valence-electron chi connectivity index (χ1n) is 12.7. The van der Waals surface area contributed by atoms with Gasteiger partial charge in [0.25, 0.3) is 0 Å². The smallest absolute Gasteiger partial charge is 0.125 e. The second-order valence-corrected chi connectivity index (χ2v) is 12.7. The zero-order chi connectivity index (χ0) is 26.1. The van der Waals surface area contributed by atoms with Crippen molar-refractivity contribution < 1.29 is 5.11 Å². The molecule has 0 spiro atoms. The van der Waals surface area contributed by atoms with Crippen molar-refractivity contribution in [2.24, 2.45) is 0 Å². The normalized spacial score (nSPS) is 14.0. The van der Waals surface area contributed by atoms with Crippen LogP contribution in [0.15, 0.2) is 108 Å².